The van der Waals surface area contributed by atoms with Crippen LogP contribution in [0.2, 0.25) is 0 Å². The highest BCUT2D eigenvalue weighted by molar-refractivity contribution is 7.99. The molecule has 8 heteroatoms. The molecule has 3 aromatic carbocycles. The van der Waals surface area contributed by atoms with Gasteiger partial charge in [-0.2, -0.15) is 0 Å². The molecule has 0 aliphatic rings. The van der Waals surface area contributed by atoms with E-state index in [9.17, 15) is 14.0 Å². The van der Waals surface area contributed by atoms with Gasteiger partial charge in [0.25, 0.3) is 0 Å². The maximum atomic E-state index is 13.9. The van der Waals surface area contributed by atoms with E-state index >= 15 is 0 Å². The van der Waals surface area contributed by atoms with Gasteiger partial charge >= 0.3 is 0 Å². The number of amides is 2. The molecular weight excluding hydrogens is 439 g/mol. The second-order valence-corrected chi connectivity index (χ2v) is 8.20. The van der Waals surface area contributed by atoms with E-state index in [1.54, 1.807) is 21.6 Å². The number of halogens is 1. The number of hydrogen-bond donors (Lipinski definition) is 1. The standard InChI is InChI=1S/C25H23FN4O2S/c1-2-29(18-10-4-3-5-11-18)24(32)17-33-25-28-21-14-8-9-15-22(21)30(25)16-23(31)27-20-13-7-6-12-19(20)26/h3-15H,2,16-17H2,1H3,(H,27,31). The van der Waals surface area contributed by atoms with Crippen molar-refractivity contribution in [1.82, 2.24) is 9.55 Å². The summed E-state index contributed by atoms with van der Waals surface area (Å²) in [6, 6.07) is 23.0. The average molecular weight is 463 g/mol. The molecule has 168 valence electrons. The summed E-state index contributed by atoms with van der Waals surface area (Å²) >= 11 is 1.28. The quantitative estimate of drug-likeness (QED) is 0.376. The summed E-state index contributed by atoms with van der Waals surface area (Å²) in [6.45, 7) is 2.42. The number of benzene rings is 3. The van der Waals surface area contributed by atoms with Crippen LogP contribution < -0.4 is 10.2 Å². The van der Waals surface area contributed by atoms with E-state index in [-0.39, 0.29) is 29.8 Å². The first-order valence-electron chi connectivity index (χ1n) is 10.5. The number of para-hydroxylation sites is 4. The fourth-order valence-corrected chi connectivity index (χ4v) is 4.42. The van der Waals surface area contributed by atoms with Crippen LogP contribution >= 0.6 is 11.8 Å². The van der Waals surface area contributed by atoms with E-state index in [1.807, 2.05) is 61.5 Å². The normalized spacial score (nSPS) is 10.8. The molecule has 0 radical (unpaired) electrons. The van der Waals surface area contributed by atoms with Gasteiger partial charge in [-0.1, -0.05) is 54.2 Å². The number of thioether (sulfide) groups is 1. The molecule has 0 fully saturated rings. The summed E-state index contributed by atoms with van der Waals surface area (Å²) in [7, 11) is 0. The minimum absolute atomic E-state index is 0.0527. The number of carbonyl (C=O) groups is 2. The molecule has 0 aliphatic heterocycles. The predicted molar refractivity (Wildman–Crippen MR) is 130 cm³/mol. The number of nitrogens with one attached hydrogen (secondary N) is 1. The van der Waals surface area contributed by atoms with Gasteiger partial charge in [0, 0.05) is 12.2 Å². The van der Waals surface area contributed by atoms with Crippen LogP contribution in [0.5, 0.6) is 0 Å². The zero-order valence-corrected chi connectivity index (χ0v) is 18.9. The zero-order valence-electron chi connectivity index (χ0n) is 18.1. The van der Waals surface area contributed by atoms with E-state index < -0.39 is 5.82 Å². The molecule has 1 heterocycles. The van der Waals surface area contributed by atoms with Crippen LogP contribution in [0.4, 0.5) is 15.8 Å². The lowest BCUT2D eigenvalue weighted by molar-refractivity contribution is -0.117. The highest BCUT2D eigenvalue weighted by atomic mass is 32.2. The topological polar surface area (TPSA) is 67.2 Å². The molecular formula is C25H23FN4O2S. The summed E-state index contributed by atoms with van der Waals surface area (Å²) in [5, 5.41) is 3.16. The lowest BCUT2D eigenvalue weighted by Gasteiger charge is -2.20. The number of fused-ring (bicyclic) bond motifs is 1. The van der Waals surface area contributed by atoms with Gasteiger partial charge in [-0.15, -0.1) is 0 Å². The van der Waals surface area contributed by atoms with Gasteiger partial charge in [0.1, 0.15) is 12.4 Å². The Kier molecular flexibility index (Phi) is 7.04. The zero-order chi connectivity index (χ0) is 23.2. The van der Waals surface area contributed by atoms with E-state index in [0.717, 1.165) is 16.7 Å². The van der Waals surface area contributed by atoms with Crippen LogP contribution in [0.1, 0.15) is 6.92 Å². The van der Waals surface area contributed by atoms with Gasteiger partial charge in [0.2, 0.25) is 11.8 Å². The van der Waals surface area contributed by atoms with Crippen LogP contribution in [0.15, 0.2) is 84.0 Å². The van der Waals surface area contributed by atoms with Gasteiger partial charge in [-0.05, 0) is 43.3 Å². The van der Waals surface area contributed by atoms with Gasteiger partial charge in [0.15, 0.2) is 5.16 Å². The van der Waals surface area contributed by atoms with Crippen molar-refractivity contribution < 1.29 is 14.0 Å². The Morgan fingerprint density at radius 2 is 1.70 bits per heavy atom. The Labute approximate surface area is 195 Å². The van der Waals surface area contributed by atoms with E-state index in [0.29, 0.717) is 11.7 Å². The molecule has 0 unspecified atom stereocenters. The number of rotatable bonds is 8. The summed E-state index contributed by atoms with van der Waals surface area (Å²) in [5.41, 5.74) is 2.45. The summed E-state index contributed by atoms with van der Waals surface area (Å²) < 4.78 is 15.7. The highest BCUT2D eigenvalue weighted by Crippen LogP contribution is 2.25. The summed E-state index contributed by atoms with van der Waals surface area (Å²) in [4.78, 5) is 32.0. The fourth-order valence-electron chi connectivity index (χ4n) is 3.53. The maximum Gasteiger partial charge on any atom is 0.244 e. The minimum Gasteiger partial charge on any atom is -0.322 e. The second-order valence-electron chi connectivity index (χ2n) is 7.26. The van der Waals surface area contributed by atoms with Gasteiger partial charge in [-0.3, -0.25) is 9.59 Å². The Morgan fingerprint density at radius 1 is 1.00 bits per heavy atom. The number of aromatic nitrogens is 2. The third-order valence-electron chi connectivity index (χ3n) is 5.08. The molecule has 1 aromatic heterocycles. The van der Waals surface area contributed by atoms with E-state index in [1.165, 1.54) is 23.9 Å². The van der Waals surface area contributed by atoms with Crippen molar-refractivity contribution in [1.29, 1.82) is 0 Å². The maximum absolute atomic E-state index is 13.9. The lowest BCUT2D eigenvalue weighted by atomic mass is 10.3. The summed E-state index contributed by atoms with van der Waals surface area (Å²) in [5.74, 6) is -0.762. The Bertz CT molecular complexity index is 1280. The number of nitrogens with zero attached hydrogens (tertiary/aromatic N) is 3. The van der Waals surface area contributed by atoms with Gasteiger partial charge in [0.05, 0.1) is 22.5 Å². The third kappa shape index (κ3) is 5.23. The lowest BCUT2D eigenvalue weighted by Crippen LogP contribution is -2.32. The number of imidazole rings is 1. The minimum atomic E-state index is -0.498. The summed E-state index contributed by atoms with van der Waals surface area (Å²) in [6.07, 6.45) is 0. The number of anilines is 2. The Morgan fingerprint density at radius 3 is 2.45 bits per heavy atom. The molecule has 0 aliphatic carbocycles. The molecule has 4 rings (SSSR count). The number of hydrogen-bond acceptors (Lipinski definition) is 4. The van der Waals surface area contributed by atoms with Crippen molar-refractivity contribution in [3.8, 4) is 0 Å². The molecule has 33 heavy (non-hydrogen) atoms. The van der Waals surface area contributed by atoms with Crippen molar-refractivity contribution in [2.75, 3.05) is 22.5 Å². The second kappa shape index (κ2) is 10.3. The van der Waals surface area contributed by atoms with Crippen LogP contribution in [0.25, 0.3) is 11.0 Å². The van der Waals surface area contributed by atoms with Gasteiger partial charge in [-0.25, -0.2) is 9.37 Å². The van der Waals surface area contributed by atoms with Crippen molar-refractivity contribution in [3.63, 3.8) is 0 Å². The van der Waals surface area contributed by atoms with Gasteiger partial charge < -0.3 is 14.8 Å². The molecule has 0 atom stereocenters. The molecule has 0 bridgehead atoms. The van der Waals surface area contributed by atoms with Crippen LogP contribution in [0.3, 0.4) is 0 Å². The molecule has 0 spiro atoms. The molecule has 2 amide bonds. The van der Waals surface area contributed by atoms with Crippen LogP contribution in [0, 0.1) is 5.82 Å². The molecule has 1 N–H and O–H groups in total. The Hall–Kier alpha value is -3.65. The van der Waals surface area contributed by atoms with Crippen molar-refractivity contribution >= 4 is 46.0 Å². The van der Waals surface area contributed by atoms with E-state index in [4.69, 9.17) is 0 Å². The average Bonchev–Trinajstić information content (AvgIpc) is 3.17. The van der Waals surface area contributed by atoms with Crippen molar-refractivity contribution in [2.45, 2.75) is 18.6 Å². The first kappa shape index (κ1) is 22.5. The molecule has 0 saturated heterocycles. The Balaban J connectivity index is 1.53. The van der Waals surface area contributed by atoms with E-state index in [2.05, 4.69) is 10.3 Å². The monoisotopic (exact) mass is 462 g/mol. The van der Waals surface area contributed by atoms with Crippen LogP contribution in [-0.4, -0.2) is 33.7 Å². The smallest absolute Gasteiger partial charge is 0.244 e. The first-order chi connectivity index (χ1) is 16.1. The predicted octanol–water partition coefficient (Wildman–Crippen LogP) is 4.96. The fraction of sp³-hybridized carbons (Fsp3) is 0.160. The first-order valence-corrected chi connectivity index (χ1v) is 11.5. The van der Waals surface area contributed by atoms with Crippen molar-refractivity contribution in [3.05, 3.63) is 84.7 Å². The van der Waals surface area contributed by atoms with Crippen molar-refractivity contribution in [2.24, 2.45) is 0 Å². The largest absolute Gasteiger partial charge is 0.322 e. The van der Waals surface area contributed by atoms with Crippen LogP contribution in [-0.2, 0) is 16.1 Å². The third-order valence-corrected chi connectivity index (χ3v) is 6.04. The molecule has 0 saturated carbocycles. The number of carbonyl (C=O) groups excluding carboxylic acids is 2. The molecule has 4 aromatic rings. The highest BCUT2D eigenvalue weighted by Gasteiger charge is 2.19. The SMILES string of the molecule is CCN(C(=O)CSc1nc2ccccc2n1CC(=O)Nc1ccccc1F)c1ccccc1. The molecule has 6 nitrogen and oxygen atoms in total.